The highest BCUT2D eigenvalue weighted by atomic mass is 16.5. The molecule has 0 fully saturated rings. The van der Waals surface area contributed by atoms with E-state index in [1.807, 2.05) is 61.5 Å². The summed E-state index contributed by atoms with van der Waals surface area (Å²) in [5.41, 5.74) is 2.13. The molecule has 0 radical (unpaired) electrons. The van der Waals surface area contributed by atoms with Crippen LogP contribution in [0.1, 0.15) is 22.8 Å². The number of nitrogens with one attached hydrogen (secondary N) is 1. The summed E-state index contributed by atoms with van der Waals surface area (Å²) in [7, 11) is 0. The van der Waals surface area contributed by atoms with E-state index in [0.717, 1.165) is 16.7 Å². The fraction of sp³-hybridized carbons (Fsp3) is 0.125. The van der Waals surface area contributed by atoms with Crippen molar-refractivity contribution in [1.29, 1.82) is 0 Å². The molecule has 2 heterocycles. The second-order valence-electron chi connectivity index (χ2n) is 6.77. The fourth-order valence-corrected chi connectivity index (χ4v) is 3.31. The number of carbonyl (C=O) groups is 1. The number of hydrogen-bond donors (Lipinski definition) is 1. The Morgan fingerprint density at radius 3 is 2.63 bits per heavy atom. The van der Waals surface area contributed by atoms with Crippen LogP contribution in [0, 0.1) is 0 Å². The molecule has 30 heavy (non-hydrogen) atoms. The molecular formula is C24H21N3O3. The van der Waals surface area contributed by atoms with Crippen molar-refractivity contribution in [3.63, 3.8) is 0 Å². The molecule has 2 aromatic carbocycles. The Kier molecular flexibility index (Phi) is 5.57. The number of hydrogen-bond acceptors (Lipinski definition) is 4. The van der Waals surface area contributed by atoms with Gasteiger partial charge in [-0.1, -0.05) is 18.2 Å². The molecule has 6 nitrogen and oxygen atoms in total. The van der Waals surface area contributed by atoms with Crippen LogP contribution < -0.4 is 15.2 Å². The van der Waals surface area contributed by atoms with E-state index in [9.17, 15) is 9.59 Å². The van der Waals surface area contributed by atoms with Crippen LogP contribution in [0.3, 0.4) is 0 Å². The van der Waals surface area contributed by atoms with E-state index in [4.69, 9.17) is 4.74 Å². The van der Waals surface area contributed by atoms with Gasteiger partial charge in [0.2, 0.25) is 0 Å². The molecule has 1 N–H and O–H groups in total. The first-order valence-corrected chi connectivity index (χ1v) is 9.71. The predicted octanol–water partition coefficient (Wildman–Crippen LogP) is 4.17. The number of fused-ring (bicyclic) bond motifs is 1. The Labute approximate surface area is 173 Å². The van der Waals surface area contributed by atoms with Gasteiger partial charge >= 0.3 is 0 Å². The average molecular weight is 399 g/mol. The number of nitrogens with zero attached hydrogens (tertiary/aromatic N) is 2. The lowest BCUT2D eigenvalue weighted by Crippen LogP contribution is -2.32. The Balaban J connectivity index is 1.75. The molecule has 1 amide bonds. The van der Waals surface area contributed by atoms with Crippen LogP contribution in [0.4, 0.5) is 5.69 Å². The fourth-order valence-electron chi connectivity index (χ4n) is 3.31. The van der Waals surface area contributed by atoms with Crippen LogP contribution in [0.2, 0.25) is 0 Å². The molecule has 0 aliphatic heterocycles. The van der Waals surface area contributed by atoms with Gasteiger partial charge in [0.1, 0.15) is 5.75 Å². The third-order valence-electron chi connectivity index (χ3n) is 4.75. The Hall–Kier alpha value is -3.93. The van der Waals surface area contributed by atoms with Crippen LogP contribution in [-0.2, 0) is 6.54 Å². The second kappa shape index (κ2) is 8.61. The number of pyridine rings is 2. The van der Waals surface area contributed by atoms with Gasteiger partial charge in [-0.2, -0.15) is 0 Å². The number of aromatic amines is 1. The summed E-state index contributed by atoms with van der Waals surface area (Å²) < 4.78 is 5.57. The summed E-state index contributed by atoms with van der Waals surface area (Å²) in [6.45, 7) is 2.61. The Morgan fingerprint density at radius 1 is 1.07 bits per heavy atom. The predicted molar refractivity (Wildman–Crippen MR) is 117 cm³/mol. The lowest BCUT2D eigenvalue weighted by atomic mass is 10.1. The number of aromatic nitrogens is 2. The molecule has 0 atom stereocenters. The standard InChI is InChI=1S/C24H21N3O3/c1-2-30-21-10-11-22-18(14-21)13-19(23(28)26-22)16-27(20-8-4-3-5-9-20)24(29)17-7-6-12-25-15-17/h3-15H,2,16H2,1H3,(H,26,28). The van der Waals surface area contributed by atoms with Gasteiger partial charge in [-0.15, -0.1) is 0 Å². The van der Waals surface area contributed by atoms with Crippen LogP contribution in [0.5, 0.6) is 5.75 Å². The maximum Gasteiger partial charge on any atom is 0.260 e. The summed E-state index contributed by atoms with van der Waals surface area (Å²) in [4.78, 5) is 34.5. The highest BCUT2D eigenvalue weighted by Crippen LogP contribution is 2.22. The average Bonchev–Trinajstić information content (AvgIpc) is 2.79. The Bertz CT molecular complexity index is 1220. The summed E-state index contributed by atoms with van der Waals surface area (Å²) in [6, 6.07) is 20.1. The first-order valence-electron chi connectivity index (χ1n) is 9.71. The minimum atomic E-state index is -0.230. The van der Waals surface area contributed by atoms with Crippen molar-refractivity contribution in [1.82, 2.24) is 9.97 Å². The zero-order valence-corrected chi connectivity index (χ0v) is 16.5. The van der Waals surface area contributed by atoms with Crippen LogP contribution >= 0.6 is 0 Å². The SMILES string of the molecule is CCOc1ccc2[nH]c(=O)c(CN(C(=O)c3cccnc3)c3ccccc3)cc2c1. The highest BCUT2D eigenvalue weighted by molar-refractivity contribution is 6.05. The lowest BCUT2D eigenvalue weighted by Gasteiger charge is -2.23. The molecule has 150 valence electrons. The molecule has 0 spiro atoms. The topological polar surface area (TPSA) is 75.3 Å². The molecule has 4 aromatic rings. The van der Waals surface area contributed by atoms with Gasteiger partial charge in [-0.05, 0) is 55.5 Å². The first-order chi connectivity index (χ1) is 14.7. The third kappa shape index (κ3) is 4.07. The van der Waals surface area contributed by atoms with Gasteiger partial charge in [0.05, 0.1) is 18.7 Å². The van der Waals surface area contributed by atoms with Gasteiger partial charge < -0.3 is 14.6 Å². The molecule has 0 aliphatic carbocycles. The maximum absolute atomic E-state index is 13.2. The van der Waals surface area contributed by atoms with E-state index >= 15 is 0 Å². The van der Waals surface area contributed by atoms with Crippen molar-refractivity contribution < 1.29 is 9.53 Å². The molecule has 6 heteroatoms. The van der Waals surface area contributed by atoms with Gasteiger partial charge in [0.25, 0.3) is 11.5 Å². The normalized spacial score (nSPS) is 10.7. The number of para-hydroxylation sites is 1. The summed E-state index contributed by atoms with van der Waals surface area (Å²) in [6.07, 6.45) is 3.14. The second-order valence-corrected chi connectivity index (χ2v) is 6.77. The van der Waals surface area contributed by atoms with E-state index in [2.05, 4.69) is 9.97 Å². The number of carbonyl (C=O) groups excluding carboxylic acids is 1. The van der Waals surface area contributed by atoms with Crippen molar-refractivity contribution in [2.24, 2.45) is 0 Å². The zero-order valence-electron chi connectivity index (χ0n) is 16.5. The van der Waals surface area contributed by atoms with Crippen molar-refractivity contribution >= 4 is 22.5 Å². The largest absolute Gasteiger partial charge is 0.494 e. The highest BCUT2D eigenvalue weighted by Gasteiger charge is 2.20. The van der Waals surface area contributed by atoms with Crippen molar-refractivity contribution in [3.05, 3.63) is 101 Å². The molecule has 0 saturated carbocycles. The van der Waals surface area contributed by atoms with Crippen molar-refractivity contribution in [2.75, 3.05) is 11.5 Å². The van der Waals surface area contributed by atoms with E-state index < -0.39 is 0 Å². The minimum Gasteiger partial charge on any atom is -0.494 e. The van der Waals surface area contributed by atoms with E-state index in [1.165, 1.54) is 6.20 Å². The quantitative estimate of drug-likeness (QED) is 0.528. The zero-order chi connectivity index (χ0) is 20.9. The molecule has 0 unspecified atom stereocenters. The maximum atomic E-state index is 13.2. The van der Waals surface area contributed by atoms with Crippen LogP contribution in [-0.4, -0.2) is 22.5 Å². The van der Waals surface area contributed by atoms with E-state index in [-0.39, 0.29) is 18.0 Å². The van der Waals surface area contributed by atoms with Gasteiger partial charge in [0.15, 0.2) is 0 Å². The molecule has 4 rings (SSSR count). The summed E-state index contributed by atoms with van der Waals surface area (Å²) >= 11 is 0. The minimum absolute atomic E-state index is 0.127. The van der Waals surface area contributed by atoms with Gasteiger partial charge in [-0.3, -0.25) is 14.6 Å². The van der Waals surface area contributed by atoms with Gasteiger partial charge in [0, 0.05) is 34.5 Å². The number of rotatable bonds is 6. The number of ether oxygens (including phenoxy) is 1. The van der Waals surface area contributed by atoms with E-state index in [1.54, 1.807) is 23.2 Å². The van der Waals surface area contributed by atoms with Gasteiger partial charge in [-0.25, -0.2) is 0 Å². The first kappa shape index (κ1) is 19.4. The smallest absolute Gasteiger partial charge is 0.260 e. The third-order valence-corrected chi connectivity index (χ3v) is 4.75. The number of benzene rings is 2. The number of H-pyrrole nitrogens is 1. The monoisotopic (exact) mass is 399 g/mol. The molecule has 0 bridgehead atoms. The lowest BCUT2D eigenvalue weighted by molar-refractivity contribution is 0.0984. The van der Waals surface area contributed by atoms with Crippen LogP contribution in [0.25, 0.3) is 10.9 Å². The molecule has 0 saturated heterocycles. The molecular weight excluding hydrogens is 378 g/mol. The van der Waals surface area contributed by atoms with E-state index in [0.29, 0.717) is 23.4 Å². The Morgan fingerprint density at radius 2 is 1.90 bits per heavy atom. The summed E-state index contributed by atoms with van der Waals surface area (Å²) in [5, 5.41) is 0.845. The number of amides is 1. The molecule has 2 aromatic heterocycles. The van der Waals surface area contributed by atoms with Crippen molar-refractivity contribution in [2.45, 2.75) is 13.5 Å². The molecule has 0 aliphatic rings. The number of anilines is 1. The van der Waals surface area contributed by atoms with Crippen LogP contribution in [0.15, 0.2) is 83.9 Å². The summed E-state index contributed by atoms with van der Waals surface area (Å²) in [5.74, 6) is 0.506. The van der Waals surface area contributed by atoms with Crippen molar-refractivity contribution in [3.8, 4) is 5.75 Å².